The quantitative estimate of drug-likeness (QED) is 0.516. The SMILES string of the molecule is CCCCCCCCC(c1ccccc1)c1ccncc1. The third-order valence-electron chi connectivity index (χ3n) is 4.16. The zero-order chi connectivity index (χ0) is 14.8. The fourth-order valence-electron chi connectivity index (χ4n) is 2.94. The van der Waals surface area contributed by atoms with E-state index in [2.05, 4.69) is 54.4 Å². The lowest BCUT2D eigenvalue weighted by Gasteiger charge is -2.18. The Morgan fingerprint density at radius 2 is 1.38 bits per heavy atom. The maximum Gasteiger partial charge on any atom is 0.0270 e. The molecule has 0 amide bonds. The van der Waals surface area contributed by atoms with Crippen molar-refractivity contribution in [2.75, 3.05) is 0 Å². The molecule has 0 radical (unpaired) electrons. The molecule has 0 aliphatic heterocycles. The van der Waals surface area contributed by atoms with E-state index in [0.29, 0.717) is 5.92 Å². The van der Waals surface area contributed by atoms with Crippen LogP contribution in [0.5, 0.6) is 0 Å². The van der Waals surface area contributed by atoms with Crippen molar-refractivity contribution < 1.29 is 0 Å². The number of pyridine rings is 1. The van der Waals surface area contributed by atoms with Gasteiger partial charge in [-0.2, -0.15) is 0 Å². The molecule has 1 nitrogen and oxygen atoms in total. The molecule has 0 saturated heterocycles. The zero-order valence-corrected chi connectivity index (χ0v) is 13.2. The highest BCUT2D eigenvalue weighted by molar-refractivity contribution is 5.30. The van der Waals surface area contributed by atoms with Gasteiger partial charge in [0, 0.05) is 18.3 Å². The van der Waals surface area contributed by atoms with Crippen LogP contribution in [0.4, 0.5) is 0 Å². The molecule has 0 fully saturated rings. The molecule has 0 bridgehead atoms. The highest BCUT2D eigenvalue weighted by atomic mass is 14.6. The average Bonchev–Trinajstić information content (AvgIpc) is 2.56. The Labute approximate surface area is 129 Å². The van der Waals surface area contributed by atoms with Crippen molar-refractivity contribution in [2.45, 2.75) is 57.8 Å². The van der Waals surface area contributed by atoms with Crippen LogP contribution in [-0.4, -0.2) is 4.98 Å². The summed E-state index contributed by atoms with van der Waals surface area (Å²) in [5.41, 5.74) is 2.82. The van der Waals surface area contributed by atoms with Crippen LogP contribution in [0.15, 0.2) is 54.9 Å². The Morgan fingerprint density at radius 3 is 2.10 bits per heavy atom. The molecule has 1 aromatic heterocycles. The van der Waals surface area contributed by atoms with Gasteiger partial charge in [-0.3, -0.25) is 4.98 Å². The van der Waals surface area contributed by atoms with Crippen LogP contribution < -0.4 is 0 Å². The summed E-state index contributed by atoms with van der Waals surface area (Å²) >= 11 is 0. The van der Waals surface area contributed by atoms with Crippen molar-refractivity contribution in [2.24, 2.45) is 0 Å². The van der Waals surface area contributed by atoms with E-state index in [1.54, 1.807) is 0 Å². The monoisotopic (exact) mass is 281 g/mol. The number of unbranched alkanes of at least 4 members (excludes halogenated alkanes) is 5. The summed E-state index contributed by atoms with van der Waals surface area (Å²) in [5, 5.41) is 0. The molecule has 1 unspecified atom stereocenters. The maximum atomic E-state index is 4.15. The third-order valence-corrected chi connectivity index (χ3v) is 4.16. The molecule has 1 heteroatoms. The molecule has 21 heavy (non-hydrogen) atoms. The third kappa shape index (κ3) is 5.34. The first kappa shape index (κ1) is 15.8. The second-order valence-corrected chi connectivity index (χ2v) is 5.80. The first-order valence-corrected chi connectivity index (χ1v) is 8.36. The van der Waals surface area contributed by atoms with E-state index in [4.69, 9.17) is 0 Å². The lowest BCUT2D eigenvalue weighted by atomic mass is 9.87. The van der Waals surface area contributed by atoms with Crippen LogP contribution in [0, 0.1) is 0 Å². The first-order chi connectivity index (χ1) is 10.4. The Hall–Kier alpha value is -1.63. The first-order valence-electron chi connectivity index (χ1n) is 8.36. The van der Waals surface area contributed by atoms with Crippen molar-refractivity contribution in [3.05, 3.63) is 66.0 Å². The van der Waals surface area contributed by atoms with E-state index >= 15 is 0 Å². The molecule has 1 aromatic carbocycles. The molecule has 0 N–H and O–H groups in total. The minimum Gasteiger partial charge on any atom is -0.265 e. The van der Waals surface area contributed by atoms with Crippen molar-refractivity contribution in [3.63, 3.8) is 0 Å². The van der Waals surface area contributed by atoms with Gasteiger partial charge in [-0.25, -0.2) is 0 Å². The Kier molecular flexibility index (Phi) is 7.00. The summed E-state index contributed by atoms with van der Waals surface area (Å²) in [6.45, 7) is 2.27. The molecule has 0 aliphatic rings. The van der Waals surface area contributed by atoms with Gasteiger partial charge in [0.15, 0.2) is 0 Å². The Bertz CT molecular complexity index is 438. The Balaban J connectivity index is 1.94. The second-order valence-electron chi connectivity index (χ2n) is 5.80. The Morgan fingerprint density at radius 1 is 0.762 bits per heavy atom. The normalized spacial score (nSPS) is 12.2. The smallest absolute Gasteiger partial charge is 0.0270 e. The second kappa shape index (κ2) is 9.33. The van der Waals surface area contributed by atoms with Gasteiger partial charge in [-0.05, 0) is 29.7 Å². The highest BCUT2D eigenvalue weighted by Gasteiger charge is 2.13. The van der Waals surface area contributed by atoms with Crippen LogP contribution in [0.1, 0.15) is 68.9 Å². The van der Waals surface area contributed by atoms with Crippen molar-refractivity contribution in [1.29, 1.82) is 0 Å². The summed E-state index contributed by atoms with van der Waals surface area (Å²) in [4.78, 5) is 4.15. The van der Waals surface area contributed by atoms with Gasteiger partial charge >= 0.3 is 0 Å². The topological polar surface area (TPSA) is 12.9 Å². The van der Waals surface area contributed by atoms with E-state index in [9.17, 15) is 0 Å². The summed E-state index contributed by atoms with van der Waals surface area (Å²) in [6.07, 6.45) is 13.2. The summed E-state index contributed by atoms with van der Waals surface area (Å²) in [7, 11) is 0. The van der Waals surface area contributed by atoms with E-state index < -0.39 is 0 Å². The molecule has 1 atom stereocenters. The van der Waals surface area contributed by atoms with E-state index in [-0.39, 0.29) is 0 Å². The predicted molar refractivity (Wildman–Crippen MR) is 90.5 cm³/mol. The van der Waals surface area contributed by atoms with Gasteiger partial charge in [-0.1, -0.05) is 75.8 Å². The average molecular weight is 281 g/mol. The van der Waals surface area contributed by atoms with Crippen LogP contribution in [-0.2, 0) is 0 Å². The fourth-order valence-corrected chi connectivity index (χ4v) is 2.94. The van der Waals surface area contributed by atoms with Gasteiger partial charge in [0.25, 0.3) is 0 Å². The van der Waals surface area contributed by atoms with Gasteiger partial charge in [-0.15, -0.1) is 0 Å². The number of benzene rings is 1. The molecule has 1 heterocycles. The molecule has 0 saturated carbocycles. The number of hydrogen-bond acceptors (Lipinski definition) is 1. The van der Waals surface area contributed by atoms with E-state index in [1.807, 2.05) is 12.4 Å². The number of aromatic nitrogens is 1. The number of nitrogens with zero attached hydrogens (tertiary/aromatic N) is 1. The highest BCUT2D eigenvalue weighted by Crippen LogP contribution is 2.29. The summed E-state index contributed by atoms with van der Waals surface area (Å²) < 4.78 is 0. The largest absolute Gasteiger partial charge is 0.265 e. The van der Waals surface area contributed by atoms with Gasteiger partial charge in [0.2, 0.25) is 0 Å². The van der Waals surface area contributed by atoms with Gasteiger partial charge < -0.3 is 0 Å². The van der Waals surface area contributed by atoms with Crippen LogP contribution in [0.2, 0.25) is 0 Å². The van der Waals surface area contributed by atoms with Crippen molar-refractivity contribution >= 4 is 0 Å². The minimum atomic E-state index is 0.514. The molecular formula is C20H27N. The van der Waals surface area contributed by atoms with Crippen LogP contribution >= 0.6 is 0 Å². The van der Waals surface area contributed by atoms with Gasteiger partial charge in [0.05, 0.1) is 0 Å². The molecular weight excluding hydrogens is 254 g/mol. The zero-order valence-electron chi connectivity index (χ0n) is 13.2. The number of rotatable bonds is 9. The lowest BCUT2D eigenvalue weighted by Crippen LogP contribution is -2.01. The summed E-state index contributed by atoms with van der Waals surface area (Å²) in [6, 6.07) is 15.2. The molecule has 2 aromatic rings. The predicted octanol–water partition coefficient (Wildman–Crippen LogP) is 5.96. The van der Waals surface area contributed by atoms with Crippen LogP contribution in [0.25, 0.3) is 0 Å². The standard InChI is InChI=1S/C20H27N/c1-2-3-4-5-6-10-13-20(18-11-8-7-9-12-18)19-14-16-21-17-15-19/h7-9,11-12,14-17,20H,2-6,10,13H2,1H3. The molecule has 112 valence electrons. The molecule has 0 aliphatic carbocycles. The number of hydrogen-bond donors (Lipinski definition) is 0. The van der Waals surface area contributed by atoms with E-state index in [1.165, 1.54) is 56.1 Å². The lowest BCUT2D eigenvalue weighted by molar-refractivity contribution is 0.568. The van der Waals surface area contributed by atoms with Crippen LogP contribution in [0.3, 0.4) is 0 Å². The molecule has 2 rings (SSSR count). The maximum absolute atomic E-state index is 4.15. The van der Waals surface area contributed by atoms with Crippen molar-refractivity contribution in [3.8, 4) is 0 Å². The van der Waals surface area contributed by atoms with Crippen molar-refractivity contribution in [1.82, 2.24) is 4.98 Å². The van der Waals surface area contributed by atoms with Gasteiger partial charge in [0.1, 0.15) is 0 Å². The molecule has 0 spiro atoms. The summed E-state index contributed by atoms with van der Waals surface area (Å²) in [5.74, 6) is 0.514. The fraction of sp³-hybridized carbons (Fsp3) is 0.450. The van der Waals surface area contributed by atoms with E-state index in [0.717, 1.165) is 0 Å². The minimum absolute atomic E-state index is 0.514.